The minimum atomic E-state index is -1.03. The summed E-state index contributed by atoms with van der Waals surface area (Å²) < 4.78 is 32.2. The first-order valence-corrected chi connectivity index (χ1v) is 12.7. The van der Waals surface area contributed by atoms with Gasteiger partial charge in [-0.3, -0.25) is 9.78 Å². The van der Waals surface area contributed by atoms with Crippen molar-refractivity contribution >= 4 is 11.9 Å². The van der Waals surface area contributed by atoms with Crippen LogP contribution in [0.25, 0.3) is 0 Å². The molecule has 1 saturated heterocycles. The van der Waals surface area contributed by atoms with Crippen LogP contribution in [-0.4, -0.2) is 36.1 Å². The molecule has 6 rings (SSSR count). The van der Waals surface area contributed by atoms with Crippen molar-refractivity contribution in [3.05, 3.63) is 80.5 Å². The lowest BCUT2D eigenvalue weighted by molar-refractivity contribution is -0.0225. The minimum Gasteiger partial charge on any atom is -0.497 e. The number of esters is 1. The zero-order valence-electron chi connectivity index (χ0n) is 20.6. The van der Waals surface area contributed by atoms with Crippen LogP contribution in [0.5, 0.6) is 11.5 Å². The standard InChI is InChI=1S/C28H28FN3O5/c1-35-18-8-6-17(7-9-18)16-36-19-14-21-24(22(29)15-19)28(37-26(21)34)10-12-32(13-11-28)27-30-23-5-3-2-4-20(23)25(33)31-27/h6-9,14-15H,2-5,10-13,16H2,1H3,(H,30,31,33). The average Bonchev–Trinajstić information content (AvgIpc) is 3.19. The van der Waals surface area contributed by atoms with Crippen molar-refractivity contribution in [1.29, 1.82) is 0 Å². The van der Waals surface area contributed by atoms with Gasteiger partial charge in [-0.25, -0.2) is 14.2 Å². The van der Waals surface area contributed by atoms with E-state index in [1.54, 1.807) is 13.2 Å². The van der Waals surface area contributed by atoms with Crippen LogP contribution in [-0.2, 0) is 29.8 Å². The predicted octanol–water partition coefficient (Wildman–Crippen LogP) is 4.04. The summed E-state index contributed by atoms with van der Waals surface area (Å²) in [6.07, 6.45) is 4.41. The van der Waals surface area contributed by atoms with Crippen LogP contribution in [0.3, 0.4) is 0 Å². The van der Waals surface area contributed by atoms with Gasteiger partial charge in [-0.15, -0.1) is 0 Å². The van der Waals surface area contributed by atoms with Crippen LogP contribution in [0.4, 0.5) is 10.3 Å². The normalized spacial score (nSPS) is 17.8. The molecule has 9 heteroatoms. The summed E-state index contributed by atoms with van der Waals surface area (Å²) in [5, 5.41) is 0. The molecule has 0 radical (unpaired) electrons. The predicted molar refractivity (Wildman–Crippen MR) is 134 cm³/mol. The van der Waals surface area contributed by atoms with Crippen LogP contribution in [0, 0.1) is 5.82 Å². The van der Waals surface area contributed by atoms with Crippen molar-refractivity contribution in [3.63, 3.8) is 0 Å². The third-order valence-electron chi connectivity index (χ3n) is 7.64. The number of nitrogens with one attached hydrogen (secondary N) is 1. The number of fused-ring (bicyclic) bond motifs is 3. The van der Waals surface area contributed by atoms with E-state index in [1.807, 2.05) is 29.2 Å². The number of hydrogen-bond donors (Lipinski definition) is 1. The highest BCUT2D eigenvalue weighted by Crippen LogP contribution is 2.46. The second-order valence-corrected chi connectivity index (χ2v) is 9.86. The molecule has 8 nitrogen and oxygen atoms in total. The maximum atomic E-state index is 15.4. The summed E-state index contributed by atoms with van der Waals surface area (Å²) >= 11 is 0. The molecule has 3 heterocycles. The zero-order chi connectivity index (χ0) is 25.6. The van der Waals surface area contributed by atoms with E-state index in [9.17, 15) is 9.59 Å². The number of carbonyl (C=O) groups excluding carboxylic acids is 1. The Bertz CT molecular complexity index is 1410. The van der Waals surface area contributed by atoms with Gasteiger partial charge in [0.25, 0.3) is 5.56 Å². The Hall–Kier alpha value is -3.88. The van der Waals surface area contributed by atoms with E-state index in [0.29, 0.717) is 37.4 Å². The molecule has 3 aliphatic rings. The molecular formula is C28H28FN3O5. The number of aromatic amines is 1. The number of piperidine rings is 1. The Kier molecular flexibility index (Phi) is 5.85. The smallest absolute Gasteiger partial charge is 0.339 e. The van der Waals surface area contributed by atoms with E-state index in [2.05, 4.69) is 4.98 Å². The number of aromatic nitrogens is 2. The Morgan fingerprint density at radius 2 is 1.84 bits per heavy atom. The number of methoxy groups -OCH3 is 1. The highest BCUT2D eigenvalue weighted by atomic mass is 19.1. The Labute approximate surface area is 213 Å². The number of H-pyrrole nitrogens is 1. The van der Waals surface area contributed by atoms with Gasteiger partial charge in [0.15, 0.2) is 0 Å². The molecule has 2 aliphatic heterocycles. The first-order chi connectivity index (χ1) is 18.0. The van der Waals surface area contributed by atoms with Gasteiger partial charge in [-0.05, 0) is 49.4 Å². The number of anilines is 1. The number of aryl methyl sites for hydroxylation is 1. The molecule has 0 unspecified atom stereocenters. The van der Waals surface area contributed by atoms with Crippen LogP contribution in [0.2, 0.25) is 0 Å². The van der Waals surface area contributed by atoms with Gasteiger partial charge in [-0.2, -0.15) is 0 Å². The van der Waals surface area contributed by atoms with E-state index in [0.717, 1.165) is 48.3 Å². The molecule has 1 spiro atoms. The number of benzene rings is 2. The van der Waals surface area contributed by atoms with Crippen LogP contribution >= 0.6 is 0 Å². The fraction of sp³-hybridized carbons (Fsp3) is 0.393. The second kappa shape index (κ2) is 9.21. The van der Waals surface area contributed by atoms with E-state index in [1.165, 1.54) is 6.07 Å². The average molecular weight is 506 g/mol. The molecule has 37 heavy (non-hydrogen) atoms. The Balaban J connectivity index is 1.19. The van der Waals surface area contributed by atoms with E-state index in [4.69, 9.17) is 19.2 Å². The molecule has 1 aliphatic carbocycles. The number of hydrogen-bond acceptors (Lipinski definition) is 7. The van der Waals surface area contributed by atoms with Crippen LogP contribution in [0.1, 0.15) is 58.4 Å². The molecule has 1 aromatic heterocycles. The van der Waals surface area contributed by atoms with Gasteiger partial charge in [0.1, 0.15) is 29.5 Å². The zero-order valence-corrected chi connectivity index (χ0v) is 20.6. The number of rotatable bonds is 5. The molecule has 192 valence electrons. The van der Waals surface area contributed by atoms with Gasteiger partial charge in [0, 0.05) is 43.1 Å². The monoisotopic (exact) mass is 505 g/mol. The quantitative estimate of drug-likeness (QED) is 0.523. The lowest BCUT2D eigenvalue weighted by Crippen LogP contribution is -2.44. The summed E-state index contributed by atoms with van der Waals surface area (Å²) in [4.78, 5) is 35.0. The van der Waals surface area contributed by atoms with Crippen molar-refractivity contribution in [3.8, 4) is 11.5 Å². The van der Waals surface area contributed by atoms with E-state index in [-0.39, 0.29) is 23.5 Å². The van der Waals surface area contributed by atoms with Crippen molar-refractivity contribution < 1.29 is 23.4 Å². The van der Waals surface area contributed by atoms with E-state index < -0.39 is 17.4 Å². The fourth-order valence-electron chi connectivity index (χ4n) is 5.63. The maximum absolute atomic E-state index is 15.4. The Morgan fingerprint density at radius 1 is 1.08 bits per heavy atom. The van der Waals surface area contributed by atoms with Crippen molar-refractivity contribution in [2.24, 2.45) is 0 Å². The molecule has 1 N–H and O–H groups in total. The van der Waals surface area contributed by atoms with Crippen molar-refractivity contribution in [2.75, 3.05) is 25.1 Å². The topological polar surface area (TPSA) is 93.8 Å². The lowest BCUT2D eigenvalue weighted by Gasteiger charge is -2.39. The highest BCUT2D eigenvalue weighted by Gasteiger charge is 2.50. The van der Waals surface area contributed by atoms with E-state index >= 15 is 4.39 Å². The van der Waals surface area contributed by atoms with Crippen LogP contribution in [0.15, 0.2) is 41.2 Å². The summed E-state index contributed by atoms with van der Waals surface area (Å²) in [7, 11) is 1.60. The molecule has 0 atom stereocenters. The van der Waals surface area contributed by atoms with Gasteiger partial charge < -0.3 is 19.1 Å². The minimum absolute atomic E-state index is 0.0779. The van der Waals surface area contributed by atoms with Gasteiger partial charge in [0.2, 0.25) is 5.95 Å². The fourth-order valence-corrected chi connectivity index (χ4v) is 5.63. The molecule has 0 bridgehead atoms. The number of carbonyl (C=O) groups is 1. The van der Waals surface area contributed by atoms with Crippen molar-refractivity contribution in [2.45, 2.75) is 50.7 Å². The summed E-state index contributed by atoms with van der Waals surface area (Å²) in [6, 6.07) is 10.3. The number of nitrogens with zero attached hydrogens (tertiary/aromatic N) is 2. The third-order valence-corrected chi connectivity index (χ3v) is 7.64. The van der Waals surface area contributed by atoms with Gasteiger partial charge >= 0.3 is 5.97 Å². The number of halogens is 1. The van der Waals surface area contributed by atoms with Gasteiger partial charge in [0.05, 0.1) is 18.4 Å². The lowest BCUT2D eigenvalue weighted by atomic mass is 9.83. The molecule has 2 aromatic carbocycles. The molecule has 1 fully saturated rings. The first-order valence-electron chi connectivity index (χ1n) is 12.7. The highest BCUT2D eigenvalue weighted by molar-refractivity contribution is 5.95. The van der Waals surface area contributed by atoms with Crippen LogP contribution < -0.4 is 19.9 Å². The first kappa shape index (κ1) is 23.5. The summed E-state index contributed by atoms with van der Waals surface area (Å²) in [5.74, 6) is 0.488. The second-order valence-electron chi connectivity index (χ2n) is 9.86. The summed E-state index contributed by atoms with van der Waals surface area (Å²) in [5.41, 5.74) is 1.94. The number of ether oxygens (including phenoxy) is 3. The molecule has 3 aromatic rings. The third kappa shape index (κ3) is 4.22. The molecular weight excluding hydrogens is 477 g/mol. The molecule has 0 amide bonds. The van der Waals surface area contributed by atoms with Crippen molar-refractivity contribution in [1.82, 2.24) is 9.97 Å². The summed E-state index contributed by atoms with van der Waals surface area (Å²) in [6.45, 7) is 1.18. The Morgan fingerprint density at radius 3 is 2.59 bits per heavy atom. The maximum Gasteiger partial charge on any atom is 0.339 e. The largest absolute Gasteiger partial charge is 0.497 e. The van der Waals surface area contributed by atoms with Gasteiger partial charge in [-0.1, -0.05) is 12.1 Å². The SMILES string of the molecule is COc1ccc(COc2cc(F)c3c(c2)C(=O)OC32CCN(c3nc4c(c(=O)[nH]3)CCCC4)CC2)cc1. The molecule has 0 saturated carbocycles.